The fourth-order valence-electron chi connectivity index (χ4n) is 2.49. The second-order valence-corrected chi connectivity index (χ2v) is 5.75. The molecular formula is C15H32N2O. The van der Waals surface area contributed by atoms with Crippen molar-refractivity contribution in [3.63, 3.8) is 0 Å². The molecule has 0 atom stereocenters. The second-order valence-electron chi connectivity index (χ2n) is 5.75. The van der Waals surface area contributed by atoms with E-state index >= 15 is 0 Å². The van der Waals surface area contributed by atoms with Crippen molar-refractivity contribution in [2.45, 2.75) is 52.5 Å². The molecule has 1 saturated heterocycles. The van der Waals surface area contributed by atoms with Gasteiger partial charge in [0.25, 0.3) is 0 Å². The minimum atomic E-state index is 0.634. The Bertz CT molecular complexity index is 191. The third kappa shape index (κ3) is 6.72. The fraction of sp³-hybridized carbons (Fsp3) is 1.00. The van der Waals surface area contributed by atoms with Crippen molar-refractivity contribution in [3.8, 4) is 0 Å². The normalized spacial score (nSPS) is 17.8. The molecule has 0 aromatic heterocycles. The van der Waals surface area contributed by atoms with Crippen LogP contribution < -0.4 is 5.32 Å². The van der Waals surface area contributed by atoms with Gasteiger partial charge in [0.1, 0.15) is 0 Å². The van der Waals surface area contributed by atoms with Crippen molar-refractivity contribution in [1.82, 2.24) is 10.2 Å². The van der Waals surface area contributed by atoms with Crippen LogP contribution in [-0.4, -0.2) is 50.3 Å². The Hall–Kier alpha value is -0.120. The Morgan fingerprint density at radius 3 is 2.56 bits per heavy atom. The first kappa shape index (κ1) is 15.9. The molecule has 0 radical (unpaired) electrons. The molecule has 1 aliphatic rings. The lowest BCUT2D eigenvalue weighted by molar-refractivity contribution is 0.0800. The molecule has 1 fully saturated rings. The summed E-state index contributed by atoms with van der Waals surface area (Å²) < 4.78 is 5.69. The number of hydrogen-bond donors (Lipinski definition) is 1. The third-order valence-corrected chi connectivity index (χ3v) is 3.85. The summed E-state index contributed by atoms with van der Waals surface area (Å²) in [4.78, 5) is 2.59. The number of ether oxygens (including phenoxy) is 1. The molecule has 108 valence electrons. The third-order valence-electron chi connectivity index (χ3n) is 3.85. The topological polar surface area (TPSA) is 24.5 Å². The van der Waals surface area contributed by atoms with E-state index in [1.807, 2.05) is 0 Å². The van der Waals surface area contributed by atoms with E-state index in [1.165, 1.54) is 45.3 Å². The molecule has 1 aliphatic heterocycles. The van der Waals surface area contributed by atoms with E-state index in [4.69, 9.17) is 4.74 Å². The van der Waals surface area contributed by atoms with Gasteiger partial charge in [-0.2, -0.15) is 0 Å². The first-order chi connectivity index (χ1) is 8.74. The summed E-state index contributed by atoms with van der Waals surface area (Å²) in [7, 11) is 0. The quantitative estimate of drug-likeness (QED) is 0.642. The van der Waals surface area contributed by atoms with Crippen LogP contribution in [0.15, 0.2) is 0 Å². The molecule has 1 heterocycles. The highest BCUT2D eigenvalue weighted by molar-refractivity contribution is 4.74. The lowest BCUT2D eigenvalue weighted by Gasteiger charge is -2.32. The molecule has 3 nitrogen and oxygen atoms in total. The van der Waals surface area contributed by atoms with Gasteiger partial charge in [-0.15, -0.1) is 0 Å². The lowest BCUT2D eigenvalue weighted by atomic mass is 9.97. The van der Waals surface area contributed by atoms with Gasteiger partial charge in [-0.3, -0.25) is 4.90 Å². The smallest absolute Gasteiger partial charge is 0.0593 e. The maximum atomic E-state index is 5.69. The molecule has 0 bridgehead atoms. The largest absolute Gasteiger partial charge is 0.380 e. The molecule has 0 aromatic rings. The lowest BCUT2D eigenvalue weighted by Crippen LogP contribution is -2.41. The number of rotatable bonds is 9. The molecule has 0 amide bonds. The molecular weight excluding hydrogens is 224 g/mol. The molecule has 0 aromatic carbocycles. The maximum Gasteiger partial charge on any atom is 0.0593 e. The van der Waals surface area contributed by atoms with Crippen LogP contribution in [0.4, 0.5) is 0 Å². The number of unbranched alkanes of at least 4 members (excludes halogenated alkanes) is 1. The first-order valence-corrected chi connectivity index (χ1v) is 7.76. The van der Waals surface area contributed by atoms with Gasteiger partial charge in [-0.25, -0.2) is 0 Å². The molecule has 18 heavy (non-hydrogen) atoms. The van der Waals surface area contributed by atoms with Crippen molar-refractivity contribution < 1.29 is 4.74 Å². The molecule has 0 spiro atoms. The van der Waals surface area contributed by atoms with Crippen molar-refractivity contribution in [2.24, 2.45) is 5.92 Å². The first-order valence-electron chi connectivity index (χ1n) is 7.76. The van der Waals surface area contributed by atoms with Crippen LogP contribution in [-0.2, 0) is 4.74 Å². The van der Waals surface area contributed by atoms with Crippen LogP contribution in [0.1, 0.15) is 46.5 Å². The molecule has 1 N–H and O–H groups in total. The molecule has 0 unspecified atom stereocenters. The number of nitrogens with one attached hydrogen (secondary N) is 1. The summed E-state index contributed by atoms with van der Waals surface area (Å²) in [6.45, 7) is 13.4. The van der Waals surface area contributed by atoms with Gasteiger partial charge >= 0.3 is 0 Å². The predicted octanol–water partition coefficient (Wildman–Crippen LogP) is 2.51. The number of nitrogens with zero attached hydrogens (tertiary/aromatic N) is 1. The average molecular weight is 256 g/mol. The van der Waals surface area contributed by atoms with Crippen LogP contribution >= 0.6 is 0 Å². The molecule has 3 heteroatoms. The van der Waals surface area contributed by atoms with Crippen molar-refractivity contribution in [3.05, 3.63) is 0 Å². The van der Waals surface area contributed by atoms with E-state index in [0.717, 1.165) is 25.7 Å². The molecule has 0 aliphatic carbocycles. The Kier molecular flexibility index (Phi) is 8.64. The Morgan fingerprint density at radius 2 is 1.94 bits per heavy atom. The van der Waals surface area contributed by atoms with Gasteiger partial charge in [0.05, 0.1) is 6.61 Å². The van der Waals surface area contributed by atoms with E-state index in [1.54, 1.807) is 0 Å². The highest BCUT2D eigenvalue weighted by Crippen LogP contribution is 2.14. The molecule has 1 rings (SSSR count). The monoisotopic (exact) mass is 256 g/mol. The predicted molar refractivity (Wildman–Crippen MR) is 78.0 cm³/mol. The highest BCUT2D eigenvalue weighted by Gasteiger charge is 2.18. The molecule has 0 saturated carbocycles. The van der Waals surface area contributed by atoms with E-state index in [-0.39, 0.29) is 0 Å². The van der Waals surface area contributed by atoms with E-state index in [9.17, 15) is 0 Å². The van der Waals surface area contributed by atoms with Crippen molar-refractivity contribution in [2.75, 3.05) is 39.4 Å². The summed E-state index contributed by atoms with van der Waals surface area (Å²) in [5, 5.41) is 3.44. The Balaban J connectivity index is 2.17. The van der Waals surface area contributed by atoms with Gasteiger partial charge in [0.2, 0.25) is 0 Å². The van der Waals surface area contributed by atoms with Crippen LogP contribution in [0.5, 0.6) is 0 Å². The minimum absolute atomic E-state index is 0.634. The van der Waals surface area contributed by atoms with Gasteiger partial charge in [-0.05, 0) is 52.1 Å². The van der Waals surface area contributed by atoms with Crippen LogP contribution in [0.25, 0.3) is 0 Å². The fourth-order valence-corrected chi connectivity index (χ4v) is 2.49. The van der Waals surface area contributed by atoms with Crippen LogP contribution in [0.2, 0.25) is 0 Å². The second kappa shape index (κ2) is 9.76. The summed E-state index contributed by atoms with van der Waals surface area (Å²) >= 11 is 0. The zero-order chi connectivity index (χ0) is 13.2. The Labute approximate surface area is 113 Å². The summed E-state index contributed by atoms with van der Waals surface area (Å²) in [5.74, 6) is 0.879. The van der Waals surface area contributed by atoms with Gasteiger partial charge in [0.15, 0.2) is 0 Å². The zero-order valence-electron chi connectivity index (χ0n) is 12.6. The number of hydrogen-bond acceptors (Lipinski definition) is 3. The summed E-state index contributed by atoms with van der Waals surface area (Å²) in [6, 6.07) is 0.634. The average Bonchev–Trinajstić information content (AvgIpc) is 2.38. The maximum absolute atomic E-state index is 5.69. The summed E-state index contributed by atoms with van der Waals surface area (Å²) in [5.41, 5.74) is 0. The zero-order valence-corrected chi connectivity index (χ0v) is 12.6. The number of piperidine rings is 1. The van der Waals surface area contributed by atoms with Gasteiger partial charge in [0, 0.05) is 25.7 Å². The van der Waals surface area contributed by atoms with Crippen LogP contribution in [0.3, 0.4) is 0 Å². The SMILES string of the molecule is CCCCOCCN(CC1CCNCC1)C(C)C. The van der Waals surface area contributed by atoms with Gasteiger partial charge in [-0.1, -0.05) is 13.3 Å². The van der Waals surface area contributed by atoms with Crippen LogP contribution in [0, 0.1) is 5.92 Å². The minimum Gasteiger partial charge on any atom is -0.380 e. The van der Waals surface area contributed by atoms with E-state index in [2.05, 4.69) is 31.0 Å². The Morgan fingerprint density at radius 1 is 1.22 bits per heavy atom. The standard InChI is InChI=1S/C15H32N2O/c1-4-5-11-18-12-10-17(14(2)3)13-15-6-8-16-9-7-15/h14-16H,4-13H2,1-3H3. The van der Waals surface area contributed by atoms with E-state index < -0.39 is 0 Å². The van der Waals surface area contributed by atoms with Gasteiger partial charge < -0.3 is 10.1 Å². The summed E-state index contributed by atoms with van der Waals surface area (Å²) in [6.07, 6.45) is 5.08. The highest BCUT2D eigenvalue weighted by atomic mass is 16.5. The van der Waals surface area contributed by atoms with E-state index in [0.29, 0.717) is 6.04 Å². The van der Waals surface area contributed by atoms with Crippen molar-refractivity contribution in [1.29, 1.82) is 0 Å². The van der Waals surface area contributed by atoms with Crippen molar-refractivity contribution >= 4 is 0 Å².